The smallest absolute Gasteiger partial charge is 0.165 e. The number of fused-ring (bicyclic) bond motifs is 1. The molecule has 4 aliphatic rings. The third-order valence-corrected chi connectivity index (χ3v) is 9.24. The molecule has 2 fully saturated rings. The monoisotopic (exact) mass is 495 g/mol. The van der Waals surface area contributed by atoms with Crippen LogP contribution in [-0.2, 0) is 22.2 Å². The molecule has 2 bridgehead atoms. The molecule has 2 N–H and O–H groups in total. The zero-order valence-electron chi connectivity index (χ0n) is 20.5. The molecule has 5 atom stereocenters. The number of rotatable bonds is 7. The van der Waals surface area contributed by atoms with E-state index in [1.54, 1.807) is 32.2 Å². The standard InChI is InChI=1S/C29H34ClNO4/c1-17(28(2,33)20-5-4-6-21(30)14-20)25(34-3)27-29-11-12-31(16-18-7-8-18)22(15-29)13-19-9-10-23(32)26(35-27)24(19)29/h4-6,9-10,14,18,22,25,27,32-33H,1,7-8,11-13,15-16H2,2-3H3/t22-,25?,27-,28?,29-/m0/s1. The van der Waals surface area contributed by atoms with Crippen molar-refractivity contribution in [2.24, 2.45) is 5.92 Å². The SMILES string of the molecule is C=C(C(OC)[C@@H]1Oc2c(O)ccc3c2[C@@]12CCN(CC1CC1)[C@@H](C3)C2)C(C)(O)c1cccc(Cl)c1. The molecule has 1 saturated carbocycles. The number of aliphatic hydroxyl groups is 1. The Labute approximate surface area is 212 Å². The Morgan fingerprint density at radius 3 is 2.86 bits per heavy atom. The minimum atomic E-state index is -1.37. The summed E-state index contributed by atoms with van der Waals surface area (Å²) in [7, 11) is 1.65. The van der Waals surface area contributed by atoms with Crippen molar-refractivity contribution in [2.45, 2.75) is 68.3 Å². The summed E-state index contributed by atoms with van der Waals surface area (Å²) in [6.45, 7) is 8.25. The molecule has 6 rings (SSSR count). The molecule has 0 amide bonds. The molecule has 2 aromatic rings. The van der Waals surface area contributed by atoms with Crippen molar-refractivity contribution in [2.75, 3.05) is 20.2 Å². The highest BCUT2D eigenvalue weighted by atomic mass is 35.5. The number of hydrogen-bond donors (Lipinski definition) is 2. The predicted octanol–water partition coefficient (Wildman–Crippen LogP) is 4.95. The summed E-state index contributed by atoms with van der Waals surface area (Å²) in [5, 5.41) is 23.0. The van der Waals surface area contributed by atoms with E-state index in [2.05, 4.69) is 17.5 Å². The highest BCUT2D eigenvalue weighted by molar-refractivity contribution is 6.30. The number of benzene rings is 2. The van der Waals surface area contributed by atoms with Crippen LogP contribution in [0.1, 0.15) is 49.3 Å². The van der Waals surface area contributed by atoms with Gasteiger partial charge in [0.1, 0.15) is 17.8 Å². The molecule has 1 saturated heterocycles. The van der Waals surface area contributed by atoms with Gasteiger partial charge < -0.3 is 19.7 Å². The van der Waals surface area contributed by atoms with Crippen molar-refractivity contribution in [3.05, 3.63) is 70.3 Å². The van der Waals surface area contributed by atoms with E-state index in [0.29, 0.717) is 28.0 Å². The predicted molar refractivity (Wildman–Crippen MR) is 136 cm³/mol. The number of piperidine rings is 1. The summed E-state index contributed by atoms with van der Waals surface area (Å²) in [6, 6.07) is 11.5. The number of phenolic OH excluding ortho intramolecular Hbond substituents is 1. The fourth-order valence-electron chi connectivity index (χ4n) is 6.87. The molecule has 5 nitrogen and oxygen atoms in total. The van der Waals surface area contributed by atoms with E-state index in [4.69, 9.17) is 21.1 Å². The summed E-state index contributed by atoms with van der Waals surface area (Å²) in [4.78, 5) is 2.67. The van der Waals surface area contributed by atoms with E-state index in [1.165, 1.54) is 24.9 Å². The van der Waals surface area contributed by atoms with Crippen LogP contribution in [0.15, 0.2) is 48.6 Å². The number of likely N-dealkylation sites (tertiary alicyclic amines) is 1. The average molecular weight is 496 g/mol. The van der Waals surface area contributed by atoms with Crippen LogP contribution < -0.4 is 4.74 Å². The second-order valence-corrected chi connectivity index (χ2v) is 11.6. The maximum atomic E-state index is 11.7. The van der Waals surface area contributed by atoms with E-state index in [1.807, 2.05) is 12.1 Å². The molecule has 2 aromatic carbocycles. The molecule has 2 aliphatic carbocycles. The molecule has 2 unspecified atom stereocenters. The van der Waals surface area contributed by atoms with Crippen molar-refractivity contribution in [1.29, 1.82) is 0 Å². The van der Waals surface area contributed by atoms with Gasteiger partial charge in [-0.15, -0.1) is 0 Å². The van der Waals surface area contributed by atoms with E-state index in [-0.39, 0.29) is 11.2 Å². The fourth-order valence-corrected chi connectivity index (χ4v) is 7.06. The summed E-state index contributed by atoms with van der Waals surface area (Å²) in [5.41, 5.74) is 1.93. The number of halogens is 1. The summed E-state index contributed by atoms with van der Waals surface area (Å²) in [6.07, 6.45) is 4.59. The Bertz CT molecular complexity index is 1180. The Morgan fingerprint density at radius 2 is 2.14 bits per heavy atom. The Hall–Kier alpha value is -2.05. The third kappa shape index (κ3) is 3.62. The quantitative estimate of drug-likeness (QED) is 0.532. The summed E-state index contributed by atoms with van der Waals surface area (Å²) >= 11 is 6.24. The van der Waals surface area contributed by atoms with E-state index >= 15 is 0 Å². The van der Waals surface area contributed by atoms with Gasteiger partial charge in [0.2, 0.25) is 0 Å². The van der Waals surface area contributed by atoms with Gasteiger partial charge in [0.05, 0.1) is 0 Å². The van der Waals surface area contributed by atoms with Gasteiger partial charge in [0.25, 0.3) is 0 Å². The number of ether oxygens (including phenoxy) is 2. The highest BCUT2D eigenvalue weighted by Crippen LogP contribution is 2.59. The summed E-state index contributed by atoms with van der Waals surface area (Å²) in [5.74, 6) is 1.60. The largest absolute Gasteiger partial charge is 0.504 e. The minimum Gasteiger partial charge on any atom is -0.504 e. The Balaban J connectivity index is 1.39. The van der Waals surface area contributed by atoms with Gasteiger partial charge in [-0.1, -0.05) is 36.4 Å². The van der Waals surface area contributed by atoms with Gasteiger partial charge in [-0.2, -0.15) is 0 Å². The Morgan fingerprint density at radius 1 is 1.34 bits per heavy atom. The second kappa shape index (κ2) is 8.24. The third-order valence-electron chi connectivity index (χ3n) is 9.00. The number of methoxy groups -OCH3 is 1. The van der Waals surface area contributed by atoms with E-state index in [9.17, 15) is 10.2 Å². The van der Waals surface area contributed by atoms with Crippen molar-refractivity contribution in [3.63, 3.8) is 0 Å². The van der Waals surface area contributed by atoms with Crippen molar-refractivity contribution < 1.29 is 19.7 Å². The van der Waals surface area contributed by atoms with Gasteiger partial charge in [-0.05, 0) is 86.4 Å². The lowest BCUT2D eigenvalue weighted by Crippen LogP contribution is -2.60. The lowest BCUT2D eigenvalue weighted by Gasteiger charge is -2.52. The second-order valence-electron chi connectivity index (χ2n) is 11.2. The molecule has 2 aliphatic heterocycles. The molecule has 1 spiro atoms. The summed E-state index contributed by atoms with van der Waals surface area (Å²) < 4.78 is 12.7. The first-order chi connectivity index (χ1) is 16.7. The molecule has 186 valence electrons. The van der Waals surface area contributed by atoms with Crippen LogP contribution in [0.25, 0.3) is 0 Å². The molecule has 0 aromatic heterocycles. The van der Waals surface area contributed by atoms with Crippen LogP contribution in [0, 0.1) is 5.92 Å². The van der Waals surface area contributed by atoms with E-state index < -0.39 is 17.8 Å². The van der Waals surface area contributed by atoms with Crippen LogP contribution >= 0.6 is 11.6 Å². The van der Waals surface area contributed by atoms with Crippen molar-refractivity contribution >= 4 is 11.6 Å². The van der Waals surface area contributed by atoms with Crippen LogP contribution in [0.4, 0.5) is 0 Å². The molecule has 35 heavy (non-hydrogen) atoms. The molecular formula is C29H34ClNO4. The van der Waals surface area contributed by atoms with Crippen LogP contribution in [0.2, 0.25) is 5.02 Å². The number of hydrogen-bond acceptors (Lipinski definition) is 5. The van der Waals surface area contributed by atoms with Gasteiger partial charge in [0, 0.05) is 35.7 Å². The maximum Gasteiger partial charge on any atom is 0.165 e. The molecule has 2 heterocycles. The van der Waals surface area contributed by atoms with Gasteiger partial charge in [0.15, 0.2) is 11.5 Å². The zero-order chi connectivity index (χ0) is 24.5. The molecular weight excluding hydrogens is 462 g/mol. The average Bonchev–Trinajstić information content (AvgIpc) is 3.60. The molecule has 0 radical (unpaired) electrons. The lowest BCUT2D eigenvalue weighted by atomic mass is 9.60. The topological polar surface area (TPSA) is 62.2 Å². The first kappa shape index (κ1) is 23.4. The fraction of sp³-hybridized carbons (Fsp3) is 0.517. The van der Waals surface area contributed by atoms with Crippen molar-refractivity contribution in [3.8, 4) is 11.5 Å². The number of phenols is 1. The van der Waals surface area contributed by atoms with Crippen LogP contribution in [-0.4, -0.2) is 53.6 Å². The van der Waals surface area contributed by atoms with Crippen LogP contribution in [0.3, 0.4) is 0 Å². The Kier molecular flexibility index (Phi) is 5.50. The van der Waals surface area contributed by atoms with Gasteiger partial charge in [-0.3, -0.25) is 4.90 Å². The number of aromatic hydroxyl groups is 1. The van der Waals surface area contributed by atoms with Gasteiger partial charge >= 0.3 is 0 Å². The van der Waals surface area contributed by atoms with Crippen LogP contribution in [0.5, 0.6) is 11.5 Å². The number of nitrogens with zero attached hydrogens (tertiary/aromatic N) is 1. The first-order valence-corrected chi connectivity index (χ1v) is 13.1. The minimum absolute atomic E-state index is 0.173. The highest BCUT2D eigenvalue weighted by Gasteiger charge is 2.60. The first-order valence-electron chi connectivity index (χ1n) is 12.7. The van der Waals surface area contributed by atoms with Gasteiger partial charge in [-0.25, -0.2) is 0 Å². The zero-order valence-corrected chi connectivity index (χ0v) is 21.2. The normalized spacial score (nSPS) is 29.7. The maximum absolute atomic E-state index is 11.7. The molecule has 6 heteroatoms. The lowest BCUT2D eigenvalue weighted by molar-refractivity contribution is -0.0535. The van der Waals surface area contributed by atoms with Crippen molar-refractivity contribution in [1.82, 2.24) is 4.90 Å². The van der Waals surface area contributed by atoms with E-state index in [0.717, 1.165) is 37.3 Å².